The number of benzene rings is 1. The van der Waals surface area contributed by atoms with Crippen molar-refractivity contribution in [3.63, 3.8) is 0 Å². The van der Waals surface area contributed by atoms with E-state index in [2.05, 4.69) is 4.90 Å². The van der Waals surface area contributed by atoms with Gasteiger partial charge in [-0.2, -0.15) is 9.57 Å². The van der Waals surface area contributed by atoms with Gasteiger partial charge in [0.25, 0.3) is 0 Å². The number of nitriles is 1. The molecule has 1 aliphatic heterocycles. The molecule has 1 aromatic rings. The van der Waals surface area contributed by atoms with Crippen LogP contribution < -0.4 is 0 Å². The van der Waals surface area contributed by atoms with Crippen molar-refractivity contribution in [2.75, 3.05) is 33.2 Å². The van der Waals surface area contributed by atoms with Crippen molar-refractivity contribution in [3.05, 3.63) is 29.8 Å². The Morgan fingerprint density at radius 2 is 1.79 bits per heavy atom. The number of likely N-dealkylation sites (N-methyl/N-ethyl adjacent to an activating group) is 1. The molecule has 0 atom stereocenters. The lowest BCUT2D eigenvalue weighted by Gasteiger charge is -2.20. The van der Waals surface area contributed by atoms with Crippen LogP contribution in [0.4, 0.5) is 0 Å². The summed E-state index contributed by atoms with van der Waals surface area (Å²) in [5, 5.41) is 8.73. The Morgan fingerprint density at radius 1 is 1.11 bits per heavy atom. The van der Waals surface area contributed by atoms with E-state index >= 15 is 0 Å². The fourth-order valence-electron chi connectivity index (χ4n) is 2.11. The highest BCUT2D eigenvalue weighted by Gasteiger charge is 2.25. The molecular formula is C13H17N3O2S. The summed E-state index contributed by atoms with van der Waals surface area (Å²) in [4.78, 5) is 2.39. The van der Waals surface area contributed by atoms with Crippen LogP contribution in [0.1, 0.15) is 12.0 Å². The summed E-state index contributed by atoms with van der Waals surface area (Å²) >= 11 is 0. The molecule has 0 aromatic heterocycles. The van der Waals surface area contributed by atoms with Gasteiger partial charge in [0.15, 0.2) is 0 Å². The van der Waals surface area contributed by atoms with Crippen molar-refractivity contribution in [3.8, 4) is 6.07 Å². The molecule has 0 amide bonds. The van der Waals surface area contributed by atoms with Crippen molar-refractivity contribution in [2.24, 2.45) is 0 Å². The maximum Gasteiger partial charge on any atom is 0.243 e. The number of hydrogen-bond acceptors (Lipinski definition) is 4. The lowest BCUT2D eigenvalue weighted by molar-refractivity contribution is 0.347. The highest BCUT2D eigenvalue weighted by Crippen LogP contribution is 2.17. The minimum absolute atomic E-state index is 0.260. The average Bonchev–Trinajstić information content (AvgIpc) is 2.64. The zero-order chi connectivity index (χ0) is 13.9. The second kappa shape index (κ2) is 5.70. The molecule has 0 radical (unpaired) electrons. The summed E-state index contributed by atoms with van der Waals surface area (Å²) in [7, 11) is -1.44. The summed E-state index contributed by atoms with van der Waals surface area (Å²) in [5.41, 5.74) is 0.467. The molecule has 1 aromatic carbocycles. The van der Waals surface area contributed by atoms with Gasteiger partial charge in [0.2, 0.25) is 10.0 Å². The first-order valence-corrected chi connectivity index (χ1v) is 7.67. The normalized spacial score (nSPS) is 18.7. The third-order valence-corrected chi connectivity index (χ3v) is 5.21. The third-order valence-electron chi connectivity index (χ3n) is 3.30. The molecule has 1 heterocycles. The molecular weight excluding hydrogens is 262 g/mol. The van der Waals surface area contributed by atoms with Gasteiger partial charge >= 0.3 is 0 Å². The first-order chi connectivity index (χ1) is 9.04. The molecule has 5 nitrogen and oxygen atoms in total. The highest BCUT2D eigenvalue weighted by molar-refractivity contribution is 7.89. The maximum absolute atomic E-state index is 12.5. The quantitative estimate of drug-likeness (QED) is 0.806. The zero-order valence-corrected chi connectivity index (χ0v) is 11.7. The lowest BCUT2D eigenvalue weighted by Crippen LogP contribution is -2.34. The van der Waals surface area contributed by atoms with Crippen LogP contribution in [0.5, 0.6) is 0 Å². The second-order valence-electron chi connectivity index (χ2n) is 4.70. The highest BCUT2D eigenvalue weighted by atomic mass is 32.2. The molecule has 0 bridgehead atoms. The lowest BCUT2D eigenvalue weighted by atomic mass is 10.2. The van der Waals surface area contributed by atoms with Crippen LogP contribution in [0.2, 0.25) is 0 Å². The topological polar surface area (TPSA) is 64.4 Å². The fourth-order valence-corrected chi connectivity index (χ4v) is 3.58. The first-order valence-electron chi connectivity index (χ1n) is 6.23. The number of sulfonamides is 1. The minimum atomic E-state index is -3.44. The largest absolute Gasteiger partial charge is 0.305 e. The van der Waals surface area contributed by atoms with Gasteiger partial charge in [0.1, 0.15) is 0 Å². The Balaban J connectivity index is 2.23. The summed E-state index contributed by atoms with van der Waals surface area (Å²) in [6.07, 6.45) is 0.839. The molecule has 6 heteroatoms. The zero-order valence-electron chi connectivity index (χ0n) is 10.9. The van der Waals surface area contributed by atoms with Gasteiger partial charge in [0, 0.05) is 19.6 Å². The first kappa shape index (κ1) is 14.0. The van der Waals surface area contributed by atoms with Crippen LogP contribution in [0.25, 0.3) is 0 Å². The Bertz CT molecular complexity index is 575. The van der Waals surface area contributed by atoms with E-state index in [0.29, 0.717) is 18.7 Å². The maximum atomic E-state index is 12.5. The van der Waals surface area contributed by atoms with E-state index in [1.807, 2.05) is 13.1 Å². The van der Waals surface area contributed by atoms with E-state index in [1.165, 1.54) is 28.6 Å². The molecule has 0 N–H and O–H groups in total. The van der Waals surface area contributed by atoms with Crippen LogP contribution in [0.15, 0.2) is 29.2 Å². The van der Waals surface area contributed by atoms with Gasteiger partial charge in [0.05, 0.1) is 16.5 Å². The summed E-state index contributed by atoms with van der Waals surface area (Å²) in [6, 6.07) is 8.07. The molecule has 1 aliphatic rings. The number of rotatable bonds is 2. The van der Waals surface area contributed by atoms with E-state index in [-0.39, 0.29) is 4.90 Å². The fraction of sp³-hybridized carbons (Fsp3) is 0.462. The molecule has 0 spiro atoms. The van der Waals surface area contributed by atoms with Crippen molar-refractivity contribution >= 4 is 10.0 Å². The van der Waals surface area contributed by atoms with Gasteiger partial charge in [-0.1, -0.05) is 0 Å². The number of hydrogen-bond donors (Lipinski definition) is 0. The van der Waals surface area contributed by atoms with Gasteiger partial charge in [-0.25, -0.2) is 8.42 Å². The Labute approximate surface area is 114 Å². The summed E-state index contributed by atoms with van der Waals surface area (Å²) in [5.74, 6) is 0. The summed E-state index contributed by atoms with van der Waals surface area (Å²) < 4.78 is 26.5. The van der Waals surface area contributed by atoms with E-state index in [4.69, 9.17) is 5.26 Å². The predicted octanol–water partition coefficient (Wildman–Crippen LogP) is 0.884. The Kier molecular flexibility index (Phi) is 4.20. The molecule has 102 valence electrons. The molecule has 1 saturated heterocycles. The standard InChI is InChI=1S/C13H17N3O2S/c1-15-7-2-8-16(10-9-15)19(17,18)13-5-3-12(11-14)4-6-13/h3-6H,2,7-10H2,1H3. The monoisotopic (exact) mass is 279 g/mol. The van der Waals surface area contributed by atoms with Crippen LogP contribution >= 0.6 is 0 Å². The van der Waals surface area contributed by atoms with Crippen molar-refractivity contribution in [1.29, 1.82) is 5.26 Å². The van der Waals surface area contributed by atoms with Crippen molar-refractivity contribution in [2.45, 2.75) is 11.3 Å². The molecule has 2 rings (SSSR count). The van der Waals surface area contributed by atoms with Crippen molar-refractivity contribution < 1.29 is 8.42 Å². The van der Waals surface area contributed by atoms with E-state index in [0.717, 1.165) is 19.5 Å². The molecule has 0 unspecified atom stereocenters. The van der Waals surface area contributed by atoms with Gasteiger partial charge in [-0.15, -0.1) is 0 Å². The molecule has 1 fully saturated rings. The smallest absolute Gasteiger partial charge is 0.243 e. The predicted molar refractivity (Wildman–Crippen MR) is 72.0 cm³/mol. The van der Waals surface area contributed by atoms with E-state index in [9.17, 15) is 8.42 Å². The van der Waals surface area contributed by atoms with Gasteiger partial charge < -0.3 is 4.90 Å². The second-order valence-corrected chi connectivity index (χ2v) is 6.64. The van der Waals surface area contributed by atoms with Crippen LogP contribution in [0, 0.1) is 11.3 Å². The van der Waals surface area contributed by atoms with E-state index < -0.39 is 10.0 Å². The third kappa shape index (κ3) is 3.13. The Morgan fingerprint density at radius 3 is 2.42 bits per heavy atom. The molecule has 19 heavy (non-hydrogen) atoms. The van der Waals surface area contributed by atoms with Crippen LogP contribution in [-0.4, -0.2) is 50.8 Å². The van der Waals surface area contributed by atoms with Crippen LogP contribution in [-0.2, 0) is 10.0 Å². The SMILES string of the molecule is CN1CCCN(S(=O)(=O)c2ccc(C#N)cc2)CC1. The number of nitrogens with zero attached hydrogens (tertiary/aromatic N) is 3. The Hall–Kier alpha value is -1.42. The van der Waals surface area contributed by atoms with Crippen LogP contribution in [0.3, 0.4) is 0 Å². The molecule has 0 saturated carbocycles. The van der Waals surface area contributed by atoms with Gasteiger partial charge in [-0.3, -0.25) is 0 Å². The average molecular weight is 279 g/mol. The summed E-state index contributed by atoms with van der Waals surface area (Å²) in [6.45, 7) is 2.72. The minimum Gasteiger partial charge on any atom is -0.305 e. The molecule has 0 aliphatic carbocycles. The van der Waals surface area contributed by atoms with Gasteiger partial charge in [-0.05, 0) is 44.3 Å². The van der Waals surface area contributed by atoms with E-state index in [1.54, 1.807) is 0 Å². The van der Waals surface area contributed by atoms with Crippen molar-refractivity contribution in [1.82, 2.24) is 9.21 Å².